The van der Waals surface area contributed by atoms with Crippen molar-refractivity contribution in [3.63, 3.8) is 0 Å². The minimum atomic E-state index is 0.350. The third-order valence-corrected chi connectivity index (χ3v) is 4.21. The summed E-state index contributed by atoms with van der Waals surface area (Å²) in [4.78, 5) is 16.5. The molecule has 9 heteroatoms. The van der Waals surface area contributed by atoms with E-state index in [1.807, 2.05) is 44.6 Å². The Morgan fingerprint density at radius 2 is 2.00 bits per heavy atom. The van der Waals surface area contributed by atoms with E-state index < -0.39 is 0 Å². The lowest BCUT2D eigenvalue weighted by molar-refractivity contribution is 0.111. The smallest absolute Gasteiger partial charge is 0.171 e. The van der Waals surface area contributed by atoms with Crippen LogP contribution in [0.3, 0.4) is 0 Å². The summed E-state index contributed by atoms with van der Waals surface area (Å²) >= 11 is 0. The van der Waals surface area contributed by atoms with Gasteiger partial charge in [-0.05, 0) is 39.4 Å². The van der Waals surface area contributed by atoms with Gasteiger partial charge in [0.25, 0.3) is 0 Å². The summed E-state index contributed by atoms with van der Waals surface area (Å²) in [7, 11) is 3.02. The highest BCUT2D eigenvalue weighted by Crippen LogP contribution is 2.18. The lowest BCUT2D eigenvalue weighted by Crippen LogP contribution is -2.30. The maximum atomic E-state index is 9.90. The predicted molar refractivity (Wildman–Crippen MR) is 114 cm³/mol. The fraction of sp³-hybridized carbons (Fsp3) is 0.500. The zero-order valence-corrected chi connectivity index (χ0v) is 18.1. The van der Waals surface area contributed by atoms with Crippen LogP contribution in [0.5, 0.6) is 0 Å². The average molecular weight is 405 g/mol. The Kier molecular flexibility index (Phi) is 10.6. The fourth-order valence-corrected chi connectivity index (χ4v) is 2.79. The summed E-state index contributed by atoms with van der Waals surface area (Å²) in [5.74, 6) is 1.70. The monoisotopic (exact) mass is 404 g/mol. The number of nitrogens with one attached hydrogen (secondary N) is 1. The number of likely N-dealkylation sites (N-methyl/N-ethyl adjacent to an activating group) is 1. The van der Waals surface area contributed by atoms with Gasteiger partial charge < -0.3 is 19.8 Å². The quantitative estimate of drug-likeness (QED) is 0.640. The number of rotatable bonds is 3. The molecule has 1 atom stereocenters. The van der Waals surface area contributed by atoms with Crippen molar-refractivity contribution in [2.24, 2.45) is 0 Å². The van der Waals surface area contributed by atoms with Gasteiger partial charge in [-0.2, -0.15) is 0 Å². The fourth-order valence-electron chi connectivity index (χ4n) is 2.79. The SMILES string of the molecule is CC.CN[C@H]1CCN(c2ccc3ncc(C)n3n2)C1.CO.Cc1cc(C=O)no1. The number of imidazole rings is 1. The number of aromatic nitrogens is 4. The molecule has 0 saturated carbocycles. The minimum absolute atomic E-state index is 0.350. The molecule has 0 unspecified atom stereocenters. The van der Waals surface area contributed by atoms with Crippen molar-refractivity contribution in [2.75, 3.05) is 32.1 Å². The topological polar surface area (TPSA) is 109 Å². The van der Waals surface area contributed by atoms with Crippen LogP contribution in [0.1, 0.15) is 42.2 Å². The van der Waals surface area contributed by atoms with Gasteiger partial charge in [0, 0.05) is 32.3 Å². The van der Waals surface area contributed by atoms with E-state index in [0.29, 0.717) is 23.8 Å². The Morgan fingerprint density at radius 1 is 1.28 bits per heavy atom. The van der Waals surface area contributed by atoms with Crippen molar-refractivity contribution < 1.29 is 14.4 Å². The van der Waals surface area contributed by atoms with Crippen molar-refractivity contribution in [1.29, 1.82) is 0 Å². The summed E-state index contributed by atoms with van der Waals surface area (Å²) < 4.78 is 6.48. The highest BCUT2D eigenvalue weighted by Gasteiger charge is 2.22. The van der Waals surface area contributed by atoms with Crippen LogP contribution in [0.4, 0.5) is 5.82 Å². The van der Waals surface area contributed by atoms with E-state index in [2.05, 4.69) is 36.0 Å². The lowest BCUT2D eigenvalue weighted by Gasteiger charge is -2.17. The number of aliphatic hydroxyl groups is 1. The van der Waals surface area contributed by atoms with Crippen molar-refractivity contribution in [3.05, 3.63) is 41.5 Å². The predicted octanol–water partition coefficient (Wildman–Crippen LogP) is 2.27. The number of aldehydes is 1. The van der Waals surface area contributed by atoms with Crippen LogP contribution in [-0.4, -0.2) is 64.4 Å². The van der Waals surface area contributed by atoms with Crippen LogP contribution in [0.25, 0.3) is 5.65 Å². The average Bonchev–Trinajstić information content (AvgIpc) is 3.51. The van der Waals surface area contributed by atoms with Gasteiger partial charge in [0.15, 0.2) is 11.9 Å². The molecule has 1 fully saturated rings. The van der Waals surface area contributed by atoms with E-state index in [0.717, 1.165) is 37.4 Å². The van der Waals surface area contributed by atoms with Gasteiger partial charge in [0.1, 0.15) is 17.3 Å². The molecule has 2 N–H and O–H groups in total. The first-order valence-corrected chi connectivity index (χ1v) is 9.67. The molecule has 1 aliphatic rings. The molecule has 1 saturated heterocycles. The Bertz CT molecular complexity index is 861. The molecule has 3 aromatic heterocycles. The first kappa shape index (κ1) is 24.3. The number of carbonyl (C=O) groups excluding carboxylic acids is 1. The van der Waals surface area contributed by atoms with Crippen molar-refractivity contribution in [3.8, 4) is 0 Å². The van der Waals surface area contributed by atoms with E-state index in [1.165, 1.54) is 6.42 Å². The number of carbonyl (C=O) groups is 1. The van der Waals surface area contributed by atoms with Crippen LogP contribution >= 0.6 is 0 Å². The standard InChI is InChI=1S/C12H17N5.C5H5NO2.C2H6.CH4O/c1-9-7-14-11-3-4-12(15-17(9)11)16-6-5-10(8-16)13-2;1-4-2-5(3-7)6-8-4;2*1-2/h3-4,7,10,13H,5-6,8H2,1-2H3;2-3H,1H3;1-2H3;2H,1H3/t10-;;;/m0.../s1. The number of hydrogen-bond donors (Lipinski definition) is 2. The third kappa shape index (κ3) is 6.65. The zero-order chi connectivity index (χ0) is 21.8. The Hall–Kier alpha value is -2.78. The van der Waals surface area contributed by atoms with Crippen molar-refractivity contribution in [1.82, 2.24) is 25.1 Å². The minimum Gasteiger partial charge on any atom is -0.400 e. The molecule has 0 bridgehead atoms. The lowest BCUT2D eigenvalue weighted by atomic mass is 10.3. The Balaban J connectivity index is 0.000000296. The highest BCUT2D eigenvalue weighted by atomic mass is 16.5. The molecule has 29 heavy (non-hydrogen) atoms. The van der Waals surface area contributed by atoms with E-state index in [4.69, 9.17) is 5.11 Å². The summed E-state index contributed by atoms with van der Waals surface area (Å²) in [6.45, 7) is 9.86. The van der Waals surface area contributed by atoms with Crippen LogP contribution in [0.15, 0.2) is 28.9 Å². The van der Waals surface area contributed by atoms with E-state index in [-0.39, 0.29) is 0 Å². The van der Waals surface area contributed by atoms with Gasteiger partial charge in [0.05, 0.1) is 11.9 Å². The summed E-state index contributed by atoms with van der Waals surface area (Å²) in [6.07, 6.45) is 3.68. The molecule has 4 rings (SSSR count). The third-order valence-electron chi connectivity index (χ3n) is 4.21. The van der Waals surface area contributed by atoms with Gasteiger partial charge in [-0.15, -0.1) is 5.10 Å². The normalized spacial score (nSPS) is 14.9. The number of aryl methyl sites for hydroxylation is 2. The molecule has 0 aromatic carbocycles. The second-order valence-corrected chi connectivity index (χ2v) is 6.06. The van der Waals surface area contributed by atoms with Gasteiger partial charge >= 0.3 is 0 Å². The summed E-state index contributed by atoms with van der Waals surface area (Å²) in [5, 5.41) is 18.3. The zero-order valence-electron chi connectivity index (χ0n) is 18.1. The van der Waals surface area contributed by atoms with Crippen molar-refractivity contribution in [2.45, 2.75) is 40.2 Å². The van der Waals surface area contributed by atoms with E-state index in [1.54, 1.807) is 13.0 Å². The molecule has 9 nitrogen and oxygen atoms in total. The molecule has 0 aliphatic carbocycles. The van der Waals surface area contributed by atoms with Gasteiger partial charge in [-0.3, -0.25) is 4.79 Å². The number of anilines is 1. The van der Waals surface area contributed by atoms with Gasteiger partial charge in [-0.1, -0.05) is 19.0 Å². The first-order valence-electron chi connectivity index (χ1n) is 9.67. The number of nitrogens with zero attached hydrogens (tertiary/aromatic N) is 5. The van der Waals surface area contributed by atoms with Crippen LogP contribution in [-0.2, 0) is 0 Å². The maximum absolute atomic E-state index is 9.90. The molecular weight excluding hydrogens is 372 g/mol. The molecule has 4 heterocycles. The Labute approximate surface area is 171 Å². The van der Waals surface area contributed by atoms with Crippen LogP contribution < -0.4 is 10.2 Å². The van der Waals surface area contributed by atoms with Crippen LogP contribution in [0.2, 0.25) is 0 Å². The summed E-state index contributed by atoms with van der Waals surface area (Å²) in [5.41, 5.74) is 2.34. The number of fused-ring (bicyclic) bond motifs is 1. The van der Waals surface area contributed by atoms with Crippen LogP contribution in [0, 0.1) is 13.8 Å². The highest BCUT2D eigenvalue weighted by molar-refractivity contribution is 5.71. The summed E-state index contributed by atoms with van der Waals surface area (Å²) in [6, 6.07) is 6.24. The molecule has 0 spiro atoms. The van der Waals surface area contributed by atoms with E-state index in [9.17, 15) is 4.79 Å². The number of hydrogen-bond acceptors (Lipinski definition) is 8. The molecule has 160 valence electrons. The molecule has 0 radical (unpaired) electrons. The number of aliphatic hydroxyl groups excluding tert-OH is 1. The maximum Gasteiger partial charge on any atom is 0.171 e. The second-order valence-electron chi connectivity index (χ2n) is 6.06. The molecule has 0 amide bonds. The Morgan fingerprint density at radius 3 is 2.52 bits per heavy atom. The molecular formula is C20H32N6O3. The first-order chi connectivity index (χ1) is 14.1. The van der Waals surface area contributed by atoms with E-state index >= 15 is 0 Å². The van der Waals surface area contributed by atoms with Gasteiger partial charge in [0.2, 0.25) is 0 Å². The largest absolute Gasteiger partial charge is 0.400 e. The van der Waals surface area contributed by atoms with Crippen molar-refractivity contribution >= 4 is 17.8 Å². The van der Waals surface area contributed by atoms with Gasteiger partial charge in [-0.25, -0.2) is 9.50 Å². The second kappa shape index (κ2) is 12.6. The molecule has 3 aromatic rings. The molecule has 1 aliphatic heterocycles.